The maximum Gasteiger partial charge on any atom is 0.143 e. The number of aromatic amines is 4. The number of H-pyrrole nitrogens is 4. The van der Waals surface area contributed by atoms with E-state index in [4.69, 9.17) is 51.7 Å². The number of nitrogens with one attached hydrogen (secondary N) is 4. The van der Waals surface area contributed by atoms with E-state index in [0.717, 1.165) is 205 Å². The number of benzene rings is 4. The number of β-amino-alcohol motifs (C(OH)–C–C–N with tert-alkyl or cyclic N) is 1. The van der Waals surface area contributed by atoms with Gasteiger partial charge in [0.05, 0.1) is 41.9 Å². The highest BCUT2D eigenvalue weighted by molar-refractivity contribution is 6.01. The van der Waals surface area contributed by atoms with E-state index >= 15 is 0 Å². The highest BCUT2D eigenvalue weighted by atomic mass is 16.5. The van der Waals surface area contributed by atoms with Gasteiger partial charge in [-0.15, -0.1) is 0 Å². The first-order valence-corrected chi connectivity index (χ1v) is 31.3. The van der Waals surface area contributed by atoms with E-state index in [9.17, 15) is 0 Å². The largest absolute Gasteiger partial charge is 0.490 e. The van der Waals surface area contributed by atoms with Gasteiger partial charge >= 0.3 is 0 Å². The smallest absolute Gasteiger partial charge is 0.143 e. The van der Waals surface area contributed by atoms with Crippen LogP contribution >= 0.6 is 0 Å². The van der Waals surface area contributed by atoms with Gasteiger partial charge in [-0.1, -0.05) is 20.3 Å². The minimum absolute atomic E-state index is 0.241. The van der Waals surface area contributed by atoms with Crippen LogP contribution in [0.5, 0.6) is 23.0 Å². The van der Waals surface area contributed by atoms with Crippen LogP contribution in [0.25, 0.3) is 43.6 Å². The number of hydrogen-bond donors (Lipinski definition) is 9. The number of aliphatic hydroxyl groups is 1. The summed E-state index contributed by atoms with van der Waals surface area (Å²) < 4.78 is 29.3. The van der Waals surface area contributed by atoms with Crippen molar-refractivity contribution in [1.82, 2.24) is 44.4 Å². The second kappa shape index (κ2) is 31.2. The van der Waals surface area contributed by atoms with Crippen LogP contribution in [-0.2, 0) is 17.6 Å². The number of ether oxygens (including phenoxy) is 5. The van der Waals surface area contributed by atoms with Crippen molar-refractivity contribution in [2.75, 3.05) is 168 Å². The summed E-state index contributed by atoms with van der Waals surface area (Å²) in [4.78, 5) is 25.3. The second-order valence-corrected chi connectivity index (χ2v) is 23.5. The molecule has 86 heavy (non-hydrogen) atoms. The third-order valence-corrected chi connectivity index (χ3v) is 17.4. The van der Waals surface area contributed by atoms with Crippen LogP contribution in [0.4, 0.5) is 22.7 Å². The van der Waals surface area contributed by atoms with Crippen LogP contribution in [0.3, 0.4) is 0 Å². The molecule has 0 radical (unpaired) electrons. The molecule has 3 aliphatic rings. The number of hydrogen-bond acceptors (Lipinski definition) is 15. The highest BCUT2D eigenvalue weighted by Crippen LogP contribution is 2.38. The molecular formula is C67H101N13O6. The molecule has 7 heterocycles. The lowest BCUT2D eigenvalue weighted by atomic mass is 10.1. The maximum absolute atomic E-state index is 8.99. The van der Waals surface area contributed by atoms with Crippen molar-refractivity contribution < 1.29 is 28.8 Å². The Morgan fingerprint density at radius 3 is 1.16 bits per heavy atom. The topological polar surface area (TPSA) is 250 Å². The van der Waals surface area contributed by atoms with Gasteiger partial charge in [0.15, 0.2) is 0 Å². The van der Waals surface area contributed by atoms with Crippen molar-refractivity contribution in [3.8, 4) is 23.0 Å². The number of nitrogen functional groups attached to an aromatic ring is 4. The number of aryl methyl sites for hydroxylation is 8. The Balaban J connectivity index is 0.000000149. The molecule has 19 heteroatoms. The number of likely N-dealkylation sites (N-methyl/N-ethyl adjacent to an activating group) is 1. The van der Waals surface area contributed by atoms with Gasteiger partial charge in [0.2, 0.25) is 0 Å². The van der Waals surface area contributed by atoms with Crippen molar-refractivity contribution >= 4 is 66.4 Å². The quantitative estimate of drug-likeness (QED) is 0.0322. The number of fused-ring (bicyclic) bond motifs is 4. The van der Waals surface area contributed by atoms with Crippen molar-refractivity contribution in [3.63, 3.8) is 0 Å². The molecule has 4 aromatic heterocycles. The Hall–Kier alpha value is -6.84. The number of anilines is 4. The summed E-state index contributed by atoms with van der Waals surface area (Å²) in [6.45, 7) is 34.4. The molecule has 19 nitrogen and oxygen atoms in total. The minimum Gasteiger partial charge on any atom is -0.490 e. The van der Waals surface area contributed by atoms with Crippen molar-refractivity contribution in [1.29, 1.82) is 0 Å². The lowest BCUT2D eigenvalue weighted by Crippen LogP contribution is -2.48. The summed E-state index contributed by atoms with van der Waals surface area (Å²) in [5.41, 5.74) is 41.4. The van der Waals surface area contributed by atoms with Crippen LogP contribution in [0.1, 0.15) is 78.1 Å². The molecule has 3 fully saturated rings. The first-order valence-electron chi connectivity index (χ1n) is 31.3. The Morgan fingerprint density at radius 1 is 0.442 bits per heavy atom. The third-order valence-electron chi connectivity index (χ3n) is 17.4. The third kappa shape index (κ3) is 16.2. The number of piperazine rings is 1. The van der Waals surface area contributed by atoms with Crippen molar-refractivity contribution in [2.45, 2.75) is 87.5 Å². The van der Waals surface area contributed by atoms with Gasteiger partial charge in [0.1, 0.15) is 49.4 Å². The van der Waals surface area contributed by atoms with Gasteiger partial charge in [-0.05, 0) is 165 Å². The Kier molecular flexibility index (Phi) is 23.6. The summed E-state index contributed by atoms with van der Waals surface area (Å²) in [5, 5.41) is 13.4. The Morgan fingerprint density at radius 2 is 0.779 bits per heavy atom. The van der Waals surface area contributed by atoms with E-state index in [1.54, 1.807) is 0 Å². The summed E-state index contributed by atoms with van der Waals surface area (Å²) in [7, 11) is 4.08. The molecule has 0 spiro atoms. The fourth-order valence-electron chi connectivity index (χ4n) is 12.1. The SMILES string of the molecule is CCc1c(C)[nH]c2c(OCCN(C)C)ccc(N)c12.CCc1c(C)[nH]c2c(OCCN3CCCCC3)ccc(N)c12.Cc1[nH]c2c(OCCN3CCN(CCO)CC3)ccc(N)c2c1C.Cc1[nH]c2c(OCCN3CCOCC3)ccc(N)c2c1C. The molecule has 8 aromatic rings. The van der Waals surface area contributed by atoms with Gasteiger partial charge in [0.25, 0.3) is 0 Å². The second-order valence-electron chi connectivity index (χ2n) is 23.5. The maximum atomic E-state index is 8.99. The number of piperidine rings is 1. The molecule has 3 aliphatic heterocycles. The van der Waals surface area contributed by atoms with Crippen LogP contribution in [-0.4, -0.2) is 195 Å². The number of nitrogens with zero attached hydrogens (tertiary/aromatic N) is 5. The number of likely N-dealkylation sites (tertiary alicyclic amines) is 1. The monoisotopic (exact) mass is 1180 g/mol. The Labute approximate surface area is 509 Å². The van der Waals surface area contributed by atoms with Crippen LogP contribution in [0.15, 0.2) is 48.5 Å². The zero-order valence-corrected chi connectivity index (χ0v) is 53.3. The summed E-state index contributed by atoms with van der Waals surface area (Å²) >= 11 is 0. The van der Waals surface area contributed by atoms with Crippen LogP contribution in [0.2, 0.25) is 0 Å². The molecule has 0 amide bonds. The average molecular weight is 1180 g/mol. The fraction of sp³-hybridized carbons (Fsp3) is 0.522. The summed E-state index contributed by atoms with van der Waals surface area (Å²) in [6, 6.07) is 15.6. The lowest BCUT2D eigenvalue weighted by molar-refractivity contribution is 0.0323. The predicted molar refractivity (Wildman–Crippen MR) is 356 cm³/mol. The van der Waals surface area contributed by atoms with Gasteiger partial charge in [-0.3, -0.25) is 19.6 Å². The molecule has 0 saturated carbocycles. The van der Waals surface area contributed by atoms with Gasteiger partial charge < -0.3 is 76.6 Å². The number of rotatable bonds is 20. The number of nitrogens with two attached hydrogens (primary N) is 4. The summed E-state index contributed by atoms with van der Waals surface area (Å²) in [6.07, 6.45) is 5.96. The van der Waals surface area contributed by atoms with E-state index in [-0.39, 0.29) is 6.61 Å². The Bertz CT molecular complexity index is 3430. The number of aliphatic hydroxyl groups excluding tert-OH is 1. The molecule has 4 aromatic carbocycles. The minimum atomic E-state index is 0.241. The normalized spacial score (nSPS) is 15.4. The molecule has 0 aliphatic carbocycles. The average Bonchev–Trinajstić information content (AvgIpc) is 2.59. The predicted octanol–water partition coefficient (Wildman–Crippen LogP) is 9.48. The van der Waals surface area contributed by atoms with E-state index in [2.05, 4.69) is 99.8 Å². The zero-order valence-electron chi connectivity index (χ0n) is 53.3. The van der Waals surface area contributed by atoms with E-state index in [1.165, 1.54) is 66.0 Å². The van der Waals surface area contributed by atoms with Crippen molar-refractivity contribution in [3.05, 3.63) is 93.6 Å². The van der Waals surface area contributed by atoms with E-state index < -0.39 is 0 Å². The molecule has 13 N–H and O–H groups in total. The first-order chi connectivity index (χ1) is 41.5. The standard InChI is InChI=1S/C18H28N4O2.C18H27N3O.C16H23N3O2.C15H23N3O/c1-13-14(2)20-18-16(4-3-15(19)17(13)18)24-12-10-22-7-5-21(6-8-22)9-11-23;1-3-14-13(2)20-18-16(8-7-15(19)17(14)18)22-12-11-21-9-5-4-6-10-21;1-11-12(2)18-16-14(4-3-13(17)15(11)16)21-10-7-19-5-8-20-9-6-19;1-5-11-10(2)17-15-13(19-9-8-18(3)4)7-6-12(16)14(11)15/h3-4,20,23H,5-12,19H2,1-2H3;7-8,20H,3-6,9-12,19H2,1-2H3;3-4,18H,5-10,17H2,1-2H3;6-7,17H,5,8-9,16H2,1-4H3. The van der Waals surface area contributed by atoms with E-state index in [1.807, 2.05) is 62.6 Å². The van der Waals surface area contributed by atoms with Gasteiger partial charge in [0, 0.05) is 139 Å². The number of aromatic nitrogens is 4. The molecule has 0 bridgehead atoms. The molecular weight excluding hydrogens is 1080 g/mol. The lowest BCUT2D eigenvalue weighted by Gasteiger charge is -2.34. The van der Waals surface area contributed by atoms with Gasteiger partial charge in [-0.2, -0.15) is 0 Å². The molecule has 0 atom stereocenters. The van der Waals surface area contributed by atoms with Crippen LogP contribution in [0, 0.1) is 41.5 Å². The van der Waals surface area contributed by atoms with Gasteiger partial charge in [-0.25, -0.2) is 0 Å². The summed E-state index contributed by atoms with van der Waals surface area (Å²) in [5.74, 6) is 3.55. The number of morpholine rings is 1. The molecule has 11 rings (SSSR count). The fourth-order valence-corrected chi connectivity index (χ4v) is 12.1. The zero-order chi connectivity index (χ0) is 61.4. The molecule has 470 valence electrons. The molecule has 0 unspecified atom stereocenters. The first kappa shape index (κ1) is 65.1. The highest BCUT2D eigenvalue weighted by Gasteiger charge is 2.20. The van der Waals surface area contributed by atoms with Crippen molar-refractivity contribution in [2.24, 2.45) is 0 Å². The van der Waals surface area contributed by atoms with Crippen LogP contribution < -0.4 is 41.9 Å². The molecule has 3 saturated heterocycles. The van der Waals surface area contributed by atoms with E-state index in [0.29, 0.717) is 19.8 Å².